The summed E-state index contributed by atoms with van der Waals surface area (Å²) in [5.41, 5.74) is 4.03. The number of H-pyrrole nitrogens is 1. The standard InChI is InChI=1S/C18H22N2O3S/c1-5-14-15(18(22)23-3)11(2)16(20-14)17(21)19-13-8-6-7-12(9-13)10-24-4/h6-9,20H,5,10H2,1-4H3,(H,19,21). The van der Waals surface area contributed by atoms with E-state index in [-0.39, 0.29) is 5.91 Å². The highest BCUT2D eigenvalue weighted by Gasteiger charge is 2.23. The first-order valence-electron chi connectivity index (χ1n) is 7.70. The molecule has 0 aliphatic rings. The third-order valence-corrected chi connectivity index (χ3v) is 4.42. The highest BCUT2D eigenvalue weighted by Crippen LogP contribution is 2.22. The van der Waals surface area contributed by atoms with Gasteiger partial charge in [-0.25, -0.2) is 4.79 Å². The molecular weight excluding hydrogens is 324 g/mol. The molecule has 0 atom stereocenters. The van der Waals surface area contributed by atoms with Crippen molar-refractivity contribution in [3.63, 3.8) is 0 Å². The monoisotopic (exact) mass is 346 g/mol. The Morgan fingerprint density at radius 2 is 2.08 bits per heavy atom. The highest BCUT2D eigenvalue weighted by atomic mass is 32.2. The Labute approximate surface area is 146 Å². The van der Waals surface area contributed by atoms with Crippen molar-refractivity contribution >= 4 is 29.3 Å². The summed E-state index contributed by atoms with van der Waals surface area (Å²) in [7, 11) is 1.34. The van der Waals surface area contributed by atoms with Crippen LogP contribution >= 0.6 is 11.8 Å². The molecule has 128 valence electrons. The maximum absolute atomic E-state index is 12.6. The molecule has 0 fully saturated rings. The predicted molar refractivity (Wildman–Crippen MR) is 97.9 cm³/mol. The average Bonchev–Trinajstić information content (AvgIpc) is 2.91. The van der Waals surface area contributed by atoms with Gasteiger partial charge in [0, 0.05) is 17.1 Å². The van der Waals surface area contributed by atoms with Crippen molar-refractivity contribution in [3.8, 4) is 0 Å². The zero-order chi connectivity index (χ0) is 17.7. The number of thioether (sulfide) groups is 1. The third kappa shape index (κ3) is 3.82. The molecule has 0 aliphatic carbocycles. The lowest BCUT2D eigenvalue weighted by atomic mass is 10.1. The summed E-state index contributed by atoms with van der Waals surface area (Å²) >= 11 is 1.72. The Morgan fingerprint density at radius 1 is 1.33 bits per heavy atom. The zero-order valence-corrected chi connectivity index (χ0v) is 15.2. The van der Waals surface area contributed by atoms with Gasteiger partial charge >= 0.3 is 5.97 Å². The molecule has 0 aliphatic heterocycles. The van der Waals surface area contributed by atoms with E-state index in [0.29, 0.717) is 28.9 Å². The van der Waals surface area contributed by atoms with Gasteiger partial charge in [-0.05, 0) is 42.9 Å². The minimum absolute atomic E-state index is 0.265. The molecule has 0 unspecified atom stereocenters. The van der Waals surface area contributed by atoms with E-state index in [1.807, 2.05) is 37.4 Å². The highest BCUT2D eigenvalue weighted by molar-refractivity contribution is 7.97. The number of aromatic amines is 1. The molecule has 0 saturated heterocycles. The largest absolute Gasteiger partial charge is 0.465 e. The molecule has 0 radical (unpaired) electrons. The first-order chi connectivity index (χ1) is 11.5. The van der Waals surface area contributed by atoms with Gasteiger partial charge in [-0.2, -0.15) is 11.8 Å². The molecule has 1 amide bonds. The lowest BCUT2D eigenvalue weighted by Gasteiger charge is -2.07. The lowest BCUT2D eigenvalue weighted by molar-refractivity contribution is 0.0599. The smallest absolute Gasteiger partial charge is 0.339 e. The van der Waals surface area contributed by atoms with Crippen LogP contribution in [0.2, 0.25) is 0 Å². The second kappa shape index (κ2) is 8.06. The van der Waals surface area contributed by atoms with Crippen LogP contribution in [0.15, 0.2) is 24.3 Å². The van der Waals surface area contributed by atoms with Crippen molar-refractivity contribution in [2.45, 2.75) is 26.0 Å². The molecule has 0 saturated carbocycles. The van der Waals surface area contributed by atoms with E-state index in [0.717, 1.165) is 17.0 Å². The normalized spacial score (nSPS) is 10.5. The Kier molecular flexibility index (Phi) is 6.09. The number of ether oxygens (including phenoxy) is 1. The molecule has 2 aromatic rings. The van der Waals surface area contributed by atoms with Crippen molar-refractivity contribution in [1.29, 1.82) is 0 Å². The van der Waals surface area contributed by atoms with Gasteiger partial charge in [0.05, 0.1) is 12.7 Å². The van der Waals surface area contributed by atoms with Gasteiger partial charge in [0.2, 0.25) is 0 Å². The molecule has 2 rings (SSSR count). The van der Waals surface area contributed by atoms with E-state index in [1.54, 1.807) is 18.7 Å². The number of aryl methyl sites for hydroxylation is 1. The molecule has 1 heterocycles. The molecular formula is C18H22N2O3S. The van der Waals surface area contributed by atoms with Gasteiger partial charge in [0.1, 0.15) is 5.69 Å². The summed E-state index contributed by atoms with van der Waals surface area (Å²) in [5, 5.41) is 2.89. The van der Waals surface area contributed by atoms with E-state index in [4.69, 9.17) is 4.74 Å². The number of methoxy groups -OCH3 is 1. The molecule has 1 aromatic heterocycles. The zero-order valence-electron chi connectivity index (χ0n) is 14.4. The van der Waals surface area contributed by atoms with Crippen LogP contribution in [-0.2, 0) is 16.9 Å². The number of esters is 1. The van der Waals surface area contributed by atoms with E-state index in [2.05, 4.69) is 10.3 Å². The average molecular weight is 346 g/mol. The Bertz CT molecular complexity index is 753. The minimum Gasteiger partial charge on any atom is -0.465 e. The number of hydrogen-bond acceptors (Lipinski definition) is 4. The third-order valence-electron chi connectivity index (χ3n) is 3.79. The number of rotatable bonds is 6. The van der Waals surface area contributed by atoms with Crippen LogP contribution in [0.4, 0.5) is 5.69 Å². The fourth-order valence-electron chi connectivity index (χ4n) is 2.63. The van der Waals surface area contributed by atoms with Crippen molar-refractivity contribution in [1.82, 2.24) is 4.98 Å². The summed E-state index contributed by atoms with van der Waals surface area (Å²) in [6.07, 6.45) is 2.65. The number of hydrogen-bond donors (Lipinski definition) is 2. The van der Waals surface area contributed by atoms with Gasteiger partial charge in [0.15, 0.2) is 0 Å². The molecule has 24 heavy (non-hydrogen) atoms. The fourth-order valence-corrected chi connectivity index (χ4v) is 3.14. The molecule has 6 heteroatoms. The molecule has 2 N–H and O–H groups in total. The van der Waals surface area contributed by atoms with Crippen molar-refractivity contribution in [3.05, 3.63) is 52.3 Å². The molecule has 5 nitrogen and oxygen atoms in total. The summed E-state index contributed by atoms with van der Waals surface area (Å²) < 4.78 is 4.82. The summed E-state index contributed by atoms with van der Waals surface area (Å²) in [4.78, 5) is 27.6. The van der Waals surface area contributed by atoms with E-state index < -0.39 is 5.97 Å². The van der Waals surface area contributed by atoms with Crippen LogP contribution in [0.3, 0.4) is 0 Å². The lowest BCUT2D eigenvalue weighted by Crippen LogP contribution is -2.14. The van der Waals surface area contributed by atoms with Crippen molar-refractivity contribution in [2.75, 3.05) is 18.7 Å². The topological polar surface area (TPSA) is 71.2 Å². The summed E-state index contributed by atoms with van der Waals surface area (Å²) in [5.74, 6) is 0.192. The van der Waals surface area contributed by atoms with Gasteiger partial charge in [-0.3, -0.25) is 4.79 Å². The number of benzene rings is 1. The number of carbonyl (C=O) groups is 2. The maximum Gasteiger partial charge on any atom is 0.339 e. The second-order valence-electron chi connectivity index (χ2n) is 5.41. The van der Waals surface area contributed by atoms with Crippen molar-refractivity contribution < 1.29 is 14.3 Å². The van der Waals surface area contributed by atoms with Crippen molar-refractivity contribution in [2.24, 2.45) is 0 Å². The molecule has 0 bridgehead atoms. The Hall–Kier alpha value is -2.21. The predicted octanol–water partition coefficient (Wildman–Crippen LogP) is 3.79. The maximum atomic E-state index is 12.6. The number of carbonyl (C=O) groups excluding carboxylic acids is 2. The summed E-state index contributed by atoms with van der Waals surface area (Å²) in [6.45, 7) is 3.67. The summed E-state index contributed by atoms with van der Waals surface area (Å²) in [6, 6.07) is 7.74. The van der Waals surface area contributed by atoms with E-state index >= 15 is 0 Å². The quantitative estimate of drug-likeness (QED) is 0.781. The minimum atomic E-state index is -0.429. The second-order valence-corrected chi connectivity index (χ2v) is 6.28. The van der Waals surface area contributed by atoms with Crippen LogP contribution < -0.4 is 5.32 Å². The number of amides is 1. The van der Waals surface area contributed by atoms with Crippen LogP contribution in [0.1, 0.15) is 44.6 Å². The van der Waals surface area contributed by atoms with Crippen LogP contribution in [0, 0.1) is 6.92 Å². The van der Waals surface area contributed by atoms with Gasteiger partial charge in [-0.1, -0.05) is 19.1 Å². The van der Waals surface area contributed by atoms with Crippen LogP contribution in [0.5, 0.6) is 0 Å². The van der Waals surface area contributed by atoms with Gasteiger partial charge in [-0.15, -0.1) is 0 Å². The fraction of sp³-hybridized carbons (Fsp3) is 0.333. The number of aromatic nitrogens is 1. The first kappa shape index (κ1) is 18.1. The Morgan fingerprint density at radius 3 is 2.71 bits per heavy atom. The number of nitrogens with one attached hydrogen (secondary N) is 2. The first-order valence-corrected chi connectivity index (χ1v) is 9.10. The molecule has 0 spiro atoms. The SMILES string of the molecule is CCc1[nH]c(C(=O)Nc2cccc(CSC)c2)c(C)c1C(=O)OC. The Balaban J connectivity index is 2.28. The molecule has 1 aromatic carbocycles. The van der Waals surface area contributed by atoms with E-state index in [1.165, 1.54) is 7.11 Å². The van der Waals surface area contributed by atoms with E-state index in [9.17, 15) is 9.59 Å². The van der Waals surface area contributed by atoms with Gasteiger partial charge in [0.25, 0.3) is 5.91 Å². The van der Waals surface area contributed by atoms with Crippen LogP contribution in [0.25, 0.3) is 0 Å². The number of anilines is 1. The van der Waals surface area contributed by atoms with Gasteiger partial charge < -0.3 is 15.0 Å². The van der Waals surface area contributed by atoms with Crippen LogP contribution in [-0.4, -0.2) is 30.2 Å².